The number of aromatic nitrogens is 4. The molecule has 0 aliphatic rings. The number of halogens is 3. The van der Waals surface area contributed by atoms with E-state index < -0.39 is 6.61 Å². The van der Waals surface area contributed by atoms with Crippen molar-refractivity contribution in [2.45, 2.75) is 26.6 Å². The molecule has 1 aromatic carbocycles. The Bertz CT molecular complexity index is 831. The fourth-order valence-corrected chi connectivity index (χ4v) is 2.46. The fraction of sp³-hybridized carbons (Fsp3) is 0.250. The molecule has 24 heavy (non-hydrogen) atoms. The SMILES string of the molecule is CCn1ccc(Cn2cc(-c3ccc(Cl)c(OC(F)F)c3)cn2)n1. The van der Waals surface area contributed by atoms with Gasteiger partial charge in [0, 0.05) is 24.5 Å². The van der Waals surface area contributed by atoms with Crippen LogP contribution in [0.4, 0.5) is 8.78 Å². The van der Waals surface area contributed by atoms with Gasteiger partial charge in [0.05, 0.1) is 23.5 Å². The van der Waals surface area contributed by atoms with Crippen LogP contribution in [0.15, 0.2) is 42.9 Å². The van der Waals surface area contributed by atoms with Gasteiger partial charge >= 0.3 is 6.61 Å². The Labute approximate surface area is 142 Å². The first-order chi connectivity index (χ1) is 11.5. The summed E-state index contributed by atoms with van der Waals surface area (Å²) >= 11 is 5.87. The van der Waals surface area contributed by atoms with Crippen LogP contribution in [0.1, 0.15) is 12.6 Å². The molecule has 0 radical (unpaired) electrons. The normalized spacial score (nSPS) is 11.2. The minimum absolute atomic E-state index is 0.0568. The minimum atomic E-state index is -2.92. The van der Waals surface area contributed by atoms with Crippen molar-refractivity contribution in [3.8, 4) is 16.9 Å². The first-order valence-electron chi connectivity index (χ1n) is 7.34. The number of alkyl halides is 2. The molecule has 0 spiro atoms. The van der Waals surface area contributed by atoms with Crippen LogP contribution < -0.4 is 4.74 Å². The maximum Gasteiger partial charge on any atom is 0.387 e. The van der Waals surface area contributed by atoms with Gasteiger partial charge < -0.3 is 4.74 Å². The molecule has 0 amide bonds. The van der Waals surface area contributed by atoms with E-state index in [0.717, 1.165) is 17.8 Å². The lowest BCUT2D eigenvalue weighted by atomic mass is 10.1. The van der Waals surface area contributed by atoms with E-state index in [1.54, 1.807) is 16.9 Å². The van der Waals surface area contributed by atoms with Gasteiger partial charge in [-0.25, -0.2) is 0 Å². The molecule has 0 unspecified atom stereocenters. The van der Waals surface area contributed by atoms with Crippen LogP contribution in [0.3, 0.4) is 0 Å². The molecule has 5 nitrogen and oxygen atoms in total. The van der Waals surface area contributed by atoms with Gasteiger partial charge in [-0.15, -0.1) is 0 Å². The molecule has 126 valence electrons. The standard InChI is InChI=1S/C16H15ClF2N4O/c1-2-22-6-5-13(21-22)10-23-9-12(8-20-23)11-3-4-14(17)15(7-11)24-16(18)19/h3-9,16H,2,10H2,1H3. The average molecular weight is 353 g/mol. The van der Waals surface area contributed by atoms with Gasteiger partial charge in [0.2, 0.25) is 0 Å². The zero-order chi connectivity index (χ0) is 17.1. The first kappa shape index (κ1) is 16.4. The van der Waals surface area contributed by atoms with Gasteiger partial charge in [0.25, 0.3) is 0 Å². The van der Waals surface area contributed by atoms with Gasteiger partial charge in [0.15, 0.2) is 0 Å². The minimum Gasteiger partial charge on any atom is -0.433 e. The molecule has 3 rings (SSSR count). The van der Waals surface area contributed by atoms with Crippen LogP contribution in [-0.4, -0.2) is 26.2 Å². The number of hydrogen-bond donors (Lipinski definition) is 0. The van der Waals surface area contributed by atoms with Crippen LogP contribution in [0.2, 0.25) is 5.02 Å². The van der Waals surface area contributed by atoms with Gasteiger partial charge in [-0.05, 0) is 30.7 Å². The summed E-state index contributed by atoms with van der Waals surface area (Å²) in [6.07, 6.45) is 5.39. The molecule has 0 N–H and O–H groups in total. The third-order valence-electron chi connectivity index (χ3n) is 3.46. The summed E-state index contributed by atoms with van der Waals surface area (Å²) in [5.74, 6) is -0.0568. The Hall–Kier alpha value is -2.41. The van der Waals surface area contributed by atoms with Crippen molar-refractivity contribution in [1.29, 1.82) is 0 Å². The van der Waals surface area contributed by atoms with E-state index in [0.29, 0.717) is 12.1 Å². The van der Waals surface area contributed by atoms with Crippen molar-refractivity contribution in [3.63, 3.8) is 0 Å². The van der Waals surface area contributed by atoms with E-state index in [-0.39, 0.29) is 10.8 Å². The largest absolute Gasteiger partial charge is 0.433 e. The summed E-state index contributed by atoms with van der Waals surface area (Å²) in [6, 6.07) is 6.66. The zero-order valence-electron chi connectivity index (χ0n) is 12.9. The lowest BCUT2D eigenvalue weighted by Crippen LogP contribution is -2.02. The number of aryl methyl sites for hydroxylation is 1. The molecule has 3 aromatic rings. The summed E-state index contributed by atoms with van der Waals surface area (Å²) in [5, 5.41) is 8.82. The van der Waals surface area contributed by atoms with Crippen LogP contribution in [-0.2, 0) is 13.1 Å². The molecule has 0 saturated carbocycles. The molecule has 2 aromatic heterocycles. The van der Waals surface area contributed by atoms with E-state index in [9.17, 15) is 8.78 Å². The van der Waals surface area contributed by atoms with Crippen LogP contribution in [0.25, 0.3) is 11.1 Å². The third kappa shape index (κ3) is 3.73. The van der Waals surface area contributed by atoms with Crippen LogP contribution >= 0.6 is 11.6 Å². The topological polar surface area (TPSA) is 44.9 Å². The highest BCUT2D eigenvalue weighted by molar-refractivity contribution is 6.32. The Kier molecular flexibility index (Phi) is 4.80. The van der Waals surface area contributed by atoms with Crippen molar-refractivity contribution in [3.05, 3.63) is 53.6 Å². The van der Waals surface area contributed by atoms with Crippen molar-refractivity contribution >= 4 is 11.6 Å². The molecular weight excluding hydrogens is 338 g/mol. The molecule has 0 saturated heterocycles. The average Bonchev–Trinajstić information content (AvgIpc) is 3.19. The van der Waals surface area contributed by atoms with Crippen LogP contribution in [0, 0.1) is 0 Å². The monoisotopic (exact) mass is 352 g/mol. The Morgan fingerprint density at radius 1 is 1.21 bits per heavy atom. The Balaban J connectivity index is 1.79. The van der Waals surface area contributed by atoms with Gasteiger partial charge in [0.1, 0.15) is 5.75 Å². The number of rotatable bonds is 6. The maximum absolute atomic E-state index is 12.4. The summed E-state index contributed by atoms with van der Waals surface area (Å²) < 4.78 is 32.8. The molecule has 0 aliphatic carbocycles. The lowest BCUT2D eigenvalue weighted by molar-refractivity contribution is -0.0497. The van der Waals surface area contributed by atoms with E-state index in [2.05, 4.69) is 14.9 Å². The number of ether oxygens (including phenoxy) is 1. The van der Waals surface area contributed by atoms with Crippen LogP contribution in [0.5, 0.6) is 5.75 Å². The third-order valence-corrected chi connectivity index (χ3v) is 3.77. The Morgan fingerprint density at radius 3 is 2.75 bits per heavy atom. The highest BCUT2D eigenvalue weighted by Crippen LogP contribution is 2.31. The predicted octanol–water partition coefficient (Wildman–Crippen LogP) is 4.07. The first-order valence-corrected chi connectivity index (χ1v) is 7.72. The van der Waals surface area contributed by atoms with Gasteiger partial charge in [-0.2, -0.15) is 19.0 Å². The predicted molar refractivity (Wildman–Crippen MR) is 86.3 cm³/mol. The summed E-state index contributed by atoms with van der Waals surface area (Å²) in [6.45, 7) is 0.431. The van der Waals surface area contributed by atoms with E-state index in [4.69, 9.17) is 11.6 Å². The van der Waals surface area contributed by atoms with E-state index in [1.807, 2.05) is 30.1 Å². The molecule has 2 heterocycles. The molecule has 0 atom stereocenters. The fourth-order valence-electron chi connectivity index (χ4n) is 2.30. The van der Waals surface area contributed by atoms with E-state index >= 15 is 0 Å². The highest BCUT2D eigenvalue weighted by Gasteiger charge is 2.11. The highest BCUT2D eigenvalue weighted by atomic mass is 35.5. The molecular formula is C16H15ClF2N4O. The quantitative estimate of drug-likeness (QED) is 0.671. The van der Waals surface area contributed by atoms with E-state index in [1.165, 1.54) is 12.1 Å². The zero-order valence-corrected chi connectivity index (χ0v) is 13.6. The van der Waals surface area contributed by atoms with Crippen molar-refractivity contribution in [2.24, 2.45) is 0 Å². The summed E-state index contributed by atoms with van der Waals surface area (Å²) in [5.41, 5.74) is 2.37. The smallest absolute Gasteiger partial charge is 0.387 e. The Morgan fingerprint density at radius 2 is 2.04 bits per heavy atom. The lowest BCUT2D eigenvalue weighted by Gasteiger charge is -2.08. The van der Waals surface area contributed by atoms with Gasteiger partial charge in [-0.1, -0.05) is 17.7 Å². The second-order valence-corrected chi connectivity index (χ2v) is 5.52. The number of nitrogens with zero attached hydrogens (tertiary/aromatic N) is 4. The van der Waals surface area contributed by atoms with Gasteiger partial charge in [-0.3, -0.25) is 9.36 Å². The maximum atomic E-state index is 12.4. The molecule has 0 aliphatic heterocycles. The second kappa shape index (κ2) is 7.00. The number of benzene rings is 1. The van der Waals surface area contributed by atoms with Crippen molar-refractivity contribution in [1.82, 2.24) is 19.6 Å². The van der Waals surface area contributed by atoms with Crippen molar-refractivity contribution < 1.29 is 13.5 Å². The second-order valence-electron chi connectivity index (χ2n) is 5.11. The van der Waals surface area contributed by atoms with Crippen molar-refractivity contribution in [2.75, 3.05) is 0 Å². The molecule has 0 bridgehead atoms. The summed E-state index contributed by atoms with van der Waals surface area (Å²) in [7, 11) is 0. The molecule has 8 heteroatoms. The number of hydrogen-bond acceptors (Lipinski definition) is 3. The molecule has 0 fully saturated rings. The summed E-state index contributed by atoms with van der Waals surface area (Å²) in [4.78, 5) is 0.